The van der Waals surface area contributed by atoms with E-state index in [0.29, 0.717) is 45.0 Å². The molecule has 1 aromatic carbocycles. The maximum atomic E-state index is 12.8. The first-order chi connectivity index (χ1) is 13.2. The average molecular weight is 369 g/mol. The summed E-state index contributed by atoms with van der Waals surface area (Å²) in [6.45, 7) is 3.58. The number of H-pyrrole nitrogens is 1. The summed E-state index contributed by atoms with van der Waals surface area (Å²) in [5.74, 6) is -0.431. The van der Waals surface area contributed by atoms with Crippen LogP contribution in [0.5, 0.6) is 0 Å². The van der Waals surface area contributed by atoms with Crippen LogP contribution in [0.25, 0.3) is 10.9 Å². The van der Waals surface area contributed by atoms with E-state index in [9.17, 15) is 9.59 Å². The number of benzene rings is 1. The molecular formula is C20H23N3O4. The number of hydrogen-bond donors (Lipinski definition) is 1. The molecule has 0 atom stereocenters. The number of piperidine rings is 1. The average Bonchev–Trinajstić information content (AvgIpc) is 3.28. The quantitative estimate of drug-likeness (QED) is 0.873. The molecule has 0 radical (unpaired) electrons. The lowest BCUT2D eigenvalue weighted by Gasteiger charge is -2.43. The highest BCUT2D eigenvalue weighted by atomic mass is 16.7. The van der Waals surface area contributed by atoms with Crippen LogP contribution >= 0.6 is 0 Å². The summed E-state index contributed by atoms with van der Waals surface area (Å²) >= 11 is 0. The molecule has 5 rings (SSSR count). The minimum atomic E-state index is -0.465. The van der Waals surface area contributed by atoms with Crippen molar-refractivity contribution in [3.63, 3.8) is 0 Å². The van der Waals surface area contributed by atoms with Crippen LogP contribution in [0.15, 0.2) is 30.5 Å². The molecule has 3 fully saturated rings. The third-order valence-corrected chi connectivity index (χ3v) is 5.99. The fraction of sp³-hybridized carbons (Fsp3) is 0.500. The summed E-state index contributed by atoms with van der Waals surface area (Å²) in [5.41, 5.74) is 1.62. The second-order valence-electron chi connectivity index (χ2n) is 7.59. The van der Waals surface area contributed by atoms with Gasteiger partial charge in [-0.1, -0.05) is 18.2 Å². The minimum absolute atomic E-state index is 0.0122. The number of ether oxygens (including phenoxy) is 2. The van der Waals surface area contributed by atoms with Gasteiger partial charge in [0.2, 0.25) is 5.91 Å². The van der Waals surface area contributed by atoms with Crippen molar-refractivity contribution in [3.05, 3.63) is 36.0 Å². The van der Waals surface area contributed by atoms with Crippen LogP contribution in [0.4, 0.5) is 0 Å². The van der Waals surface area contributed by atoms with Crippen molar-refractivity contribution in [3.8, 4) is 0 Å². The van der Waals surface area contributed by atoms with Crippen molar-refractivity contribution >= 4 is 22.7 Å². The second kappa shape index (κ2) is 6.35. The Morgan fingerprint density at radius 1 is 1.04 bits per heavy atom. The van der Waals surface area contributed by atoms with Gasteiger partial charge >= 0.3 is 0 Å². The van der Waals surface area contributed by atoms with Gasteiger partial charge in [0, 0.05) is 56.1 Å². The number of para-hydroxylation sites is 1. The van der Waals surface area contributed by atoms with E-state index in [0.717, 1.165) is 23.7 Å². The zero-order chi connectivity index (χ0) is 18.4. The van der Waals surface area contributed by atoms with Crippen molar-refractivity contribution in [1.82, 2.24) is 14.8 Å². The van der Waals surface area contributed by atoms with Gasteiger partial charge in [-0.2, -0.15) is 0 Å². The van der Waals surface area contributed by atoms with Crippen LogP contribution in [0.1, 0.15) is 23.2 Å². The maximum Gasteiger partial charge on any atom is 0.256 e. The standard InChI is InChI=1S/C20H23N3O4/c24-18(22-7-5-20(6-8-22)26-9-10-27-20)14-12-23(13-14)19(25)16-11-21-17-4-2-1-3-15(16)17/h1-4,11,14,21H,5-10,12-13H2. The third kappa shape index (κ3) is 2.82. The SMILES string of the molecule is O=C(c1c[nH]c2ccccc12)N1CC(C(=O)N2CCC3(CC2)OCCO3)C1. The molecule has 4 heterocycles. The van der Waals surface area contributed by atoms with Crippen molar-refractivity contribution in [2.45, 2.75) is 18.6 Å². The van der Waals surface area contributed by atoms with E-state index in [2.05, 4.69) is 4.98 Å². The summed E-state index contributed by atoms with van der Waals surface area (Å²) in [7, 11) is 0. The molecule has 7 nitrogen and oxygen atoms in total. The van der Waals surface area contributed by atoms with Gasteiger partial charge in [-0.3, -0.25) is 9.59 Å². The molecule has 2 amide bonds. The predicted octanol–water partition coefficient (Wildman–Crippen LogP) is 1.61. The second-order valence-corrected chi connectivity index (χ2v) is 7.59. The number of aromatic nitrogens is 1. The van der Waals surface area contributed by atoms with E-state index >= 15 is 0 Å². The van der Waals surface area contributed by atoms with E-state index in [1.54, 1.807) is 11.1 Å². The molecule has 0 saturated carbocycles. The molecule has 0 aliphatic carbocycles. The first kappa shape index (κ1) is 16.8. The van der Waals surface area contributed by atoms with Gasteiger partial charge in [-0.15, -0.1) is 0 Å². The van der Waals surface area contributed by atoms with Crippen LogP contribution in [-0.2, 0) is 14.3 Å². The minimum Gasteiger partial charge on any atom is -0.360 e. The zero-order valence-electron chi connectivity index (χ0n) is 15.1. The lowest BCUT2D eigenvalue weighted by Crippen LogP contribution is -2.58. The summed E-state index contributed by atoms with van der Waals surface area (Å²) in [6.07, 6.45) is 3.21. The Morgan fingerprint density at radius 3 is 2.48 bits per heavy atom. The first-order valence-electron chi connectivity index (χ1n) is 9.57. The molecule has 3 aliphatic heterocycles. The lowest BCUT2D eigenvalue weighted by molar-refractivity contribution is -0.189. The Bertz CT molecular complexity index is 870. The lowest BCUT2D eigenvalue weighted by atomic mass is 9.95. The van der Waals surface area contributed by atoms with Crippen LogP contribution in [-0.4, -0.2) is 71.8 Å². The number of fused-ring (bicyclic) bond motifs is 1. The van der Waals surface area contributed by atoms with E-state index in [-0.39, 0.29) is 17.7 Å². The van der Waals surface area contributed by atoms with Crippen LogP contribution in [0.2, 0.25) is 0 Å². The molecule has 1 N–H and O–H groups in total. The largest absolute Gasteiger partial charge is 0.360 e. The number of carbonyl (C=O) groups is 2. The molecule has 0 bridgehead atoms. The van der Waals surface area contributed by atoms with Gasteiger partial charge in [-0.05, 0) is 6.07 Å². The number of carbonyl (C=O) groups excluding carboxylic acids is 2. The highest BCUT2D eigenvalue weighted by Crippen LogP contribution is 2.32. The van der Waals surface area contributed by atoms with Crippen LogP contribution < -0.4 is 0 Å². The number of nitrogens with one attached hydrogen (secondary N) is 1. The third-order valence-electron chi connectivity index (χ3n) is 5.99. The molecule has 3 saturated heterocycles. The number of nitrogens with zero attached hydrogens (tertiary/aromatic N) is 2. The summed E-state index contributed by atoms with van der Waals surface area (Å²) in [4.78, 5) is 32.3. The first-order valence-corrected chi connectivity index (χ1v) is 9.57. The van der Waals surface area contributed by atoms with Gasteiger partial charge in [0.1, 0.15) is 0 Å². The zero-order valence-corrected chi connectivity index (χ0v) is 15.1. The number of aromatic amines is 1. The molecular weight excluding hydrogens is 346 g/mol. The highest BCUT2D eigenvalue weighted by Gasteiger charge is 2.44. The van der Waals surface area contributed by atoms with Gasteiger partial charge in [-0.25, -0.2) is 0 Å². The topological polar surface area (TPSA) is 74.9 Å². The fourth-order valence-electron chi connectivity index (χ4n) is 4.33. The normalized spacial score (nSPS) is 22.4. The number of amides is 2. The number of hydrogen-bond acceptors (Lipinski definition) is 4. The van der Waals surface area contributed by atoms with Crippen molar-refractivity contribution in [2.24, 2.45) is 5.92 Å². The summed E-state index contributed by atoms with van der Waals surface area (Å²) < 4.78 is 11.4. The molecule has 27 heavy (non-hydrogen) atoms. The van der Waals surface area contributed by atoms with E-state index in [1.807, 2.05) is 29.2 Å². The van der Waals surface area contributed by atoms with Gasteiger partial charge in [0.25, 0.3) is 5.91 Å². The van der Waals surface area contributed by atoms with Gasteiger partial charge in [0.05, 0.1) is 24.7 Å². The van der Waals surface area contributed by atoms with Gasteiger partial charge < -0.3 is 24.3 Å². The smallest absolute Gasteiger partial charge is 0.256 e. The Labute approximate surface area is 157 Å². The van der Waals surface area contributed by atoms with Crippen LogP contribution in [0, 0.1) is 5.92 Å². The molecule has 0 unspecified atom stereocenters. The number of rotatable bonds is 2. The summed E-state index contributed by atoms with van der Waals surface area (Å²) in [6, 6.07) is 7.76. The van der Waals surface area contributed by atoms with E-state index in [1.165, 1.54) is 0 Å². The Kier molecular flexibility index (Phi) is 3.94. The molecule has 2 aromatic rings. The van der Waals surface area contributed by atoms with E-state index < -0.39 is 5.79 Å². The Hall–Kier alpha value is -2.38. The number of likely N-dealkylation sites (tertiary alicyclic amines) is 2. The highest BCUT2D eigenvalue weighted by molar-refractivity contribution is 6.07. The molecule has 7 heteroatoms. The van der Waals surface area contributed by atoms with E-state index in [4.69, 9.17) is 9.47 Å². The molecule has 3 aliphatic rings. The van der Waals surface area contributed by atoms with Crippen molar-refractivity contribution < 1.29 is 19.1 Å². The van der Waals surface area contributed by atoms with Crippen LogP contribution in [0.3, 0.4) is 0 Å². The summed E-state index contributed by atoms with van der Waals surface area (Å²) in [5, 5.41) is 0.926. The molecule has 142 valence electrons. The Balaban J connectivity index is 1.18. The predicted molar refractivity (Wildman–Crippen MR) is 98.1 cm³/mol. The Morgan fingerprint density at radius 2 is 1.74 bits per heavy atom. The van der Waals surface area contributed by atoms with Crippen molar-refractivity contribution in [2.75, 3.05) is 39.4 Å². The molecule has 1 aromatic heterocycles. The monoisotopic (exact) mass is 369 g/mol. The van der Waals surface area contributed by atoms with Gasteiger partial charge in [0.15, 0.2) is 5.79 Å². The maximum absolute atomic E-state index is 12.8. The van der Waals surface area contributed by atoms with Crippen molar-refractivity contribution in [1.29, 1.82) is 0 Å². The fourth-order valence-corrected chi connectivity index (χ4v) is 4.33. The molecule has 1 spiro atoms.